The summed E-state index contributed by atoms with van der Waals surface area (Å²) in [5.74, 6) is -0.597. The summed E-state index contributed by atoms with van der Waals surface area (Å²) in [6, 6.07) is 7.66. The number of aryl methyl sites for hydroxylation is 1. The number of carbonyl (C=O) groups excluding carboxylic acids is 1. The Balaban J connectivity index is 2.08. The van der Waals surface area contributed by atoms with Gasteiger partial charge in [-0.2, -0.15) is 0 Å². The first-order chi connectivity index (χ1) is 11.4. The van der Waals surface area contributed by atoms with E-state index < -0.39 is 17.2 Å². The first-order valence-electron chi connectivity index (χ1n) is 7.05. The number of para-hydroxylation sites is 2. The molecule has 0 fully saturated rings. The van der Waals surface area contributed by atoms with Crippen LogP contribution in [0.1, 0.15) is 10.4 Å². The van der Waals surface area contributed by atoms with Crippen LogP contribution in [0.4, 0.5) is 5.69 Å². The van der Waals surface area contributed by atoms with Crippen LogP contribution in [0, 0.1) is 0 Å². The first kappa shape index (κ1) is 15.5. The third-order valence-corrected chi connectivity index (χ3v) is 3.71. The van der Waals surface area contributed by atoms with Gasteiger partial charge in [0.05, 0.1) is 16.6 Å². The number of nitrogens with zero attached hydrogens (tertiary/aromatic N) is 3. The van der Waals surface area contributed by atoms with Crippen molar-refractivity contribution in [3.8, 4) is 5.75 Å². The lowest BCUT2D eigenvalue weighted by Crippen LogP contribution is -2.37. The monoisotopic (exact) mass is 326 g/mol. The maximum Gasteiger partial charge on any atom is 0.332 e. The molecular formula is C16H14N4O4. The molecule has 3 aromatic rings. The van der Waals surface area contributed by atoms with Gasteiger partial charge in [0.2, 0.25) is 0 Å². The van der Waals surface area contributed by atoms with Crippen molar-refractivity contribution in [3.05, 3.63) is 62.9 Å². The molecule has 2 heterocycles. The molecule has 8 heteroatoms. The van der Waals surface area contributed by atoms with Crippen molar-refractivity contribution in [1.29, 1.82) is 0 Å². The number of hydrogen-bond donors (Lipinski definition) is 2. The number of aromatic nitrogens is 3. The first-order valence-corrected chi connectivity index (χ1v) is 7.05. The van der Waals surface area contributed by atoms with Crippen molar-refractivity contribution >= 4 is 22.6 Å². The molecular weight excluding hydrogens is 312 g/mol. The summed E-state index contributed by atoms with van der Waals surface area (Å²) in [6.07, 6.45) is 1.27. The van der Waals surface area contributed by atoms with E-state index in [4.69, 9.17) is 0 Å². The molecule has 0 spiro atoms. The summed E-state index contributed by atoms with van der Waals surface area (Å²) in [6.45, 7) is 0. The van der Waals surface area contributed by atoms with Crippen LogP contribution in [0.2, 0.25) is 0 Å². The van der Waals surface area contributed by atoms with Gasteiger partial charge in [0, 0.05) is 20.3 Å². The summed E-state index contributed by atoms with van der Waals surface area (Å²) >= 11 is 0. The van der Waals surface area contributed by atoms with Gasteiger partial charge in [-0.05, 0) is 18.2 Å². The maximum atomic E-state index is 12.3. The van der Waals surface area contributed by atoms with Crippen LogP contribution in [0.5, 0.6) is 5.75 Å². The minimum Gasteiger partial charge on any atom is -0.506 e. The second-order valence-corrected chi connectivity index (χ2v) is 5.27. The largest absolute Gasteiger partial charge is 0.506 e. The molecule has 24 heavy (non-hydrogen) atoms. The molecule has 8 nitrogen and oxygen atoms in total. The normalized spacial score (nSPS) is 10.8. The van der Waals surface area contributed by atoms with E-state index in [0.717, 1.165) is 4.57 Å². The van der Waals surface area contributed by atoms with Crippen molar-refractivity contribution in [3.63, 3.8) is 0 Å². The van der Waals surface area contributed by atoms with Crippen LogP contribution in [0.3, 0.4) is 0 Å². The number of phenolic OH excluding ortho intramolecular Hbond substituents is 1. The van der Waals surface area contributed by atoms with E-state index in [0.29, 0.717) is 0 Å². The molecule has 0 radical (unpaired) electrons. The predicted molar refractivity (Wildman–Crippen MR) is 88.3 cm³/mol. The number of phenols is 1. The second-order valence-electron chi connectivity index (χ2n) is 5.27. The second kappa shape index (κ2) is 5.65. The van der Waals surface area contributed by atoms with Crippen LogP contribution >= 0.6 is 0 Å². The standard InChI is InChI=1S/C16H14N4O4/c1-19-13-10(15(23)20(2)16(19)24)7-9(8-17-13)14(22)18-11-5-3-4-6-12(11)21/h3-8,21H,1-2H3,(H,18,22). The number of pyridine rings is 1. The van der Waals surface area contributed by atoms with Gasteiger partial charge in [0.25, 0.3) is 11.5 Å². The Kier molecular flexibility index (Phi) is 3.64. The molecule has 0 aliphatic carbocycles. The van der Waals surface area contributed by atoms with Gasteiger partial charge < -0.3 is 10.4 Å². The van der Waals surface area contributed by atoms with Crippen molar-refractivity contribution in [2.75, 3.05) is 5.32 Å². The van der Waals surface area contributed by atoms with E-state index in [2.05, 4.69) is 10.3 Å². The fourth-order valence-corrected chi connectivity index (χ4v) is 2.36. The Morgan fingerprint density at radius 3 is 2.58 bits per heavy atom. The van der Waals surface area contributed by atoms with E-state index in [-0.39, 0.29) is 28.0 Å². The summed E-state index contributed by atoms with van der Waals surface area (Å²) in [4.78, 5) is 40.5. The quantitative estimate of drug-likeness (QED) is 0.670. The van der Waals surface area contributed by atoms with Gasteiger partial charge in [0.15, 0.2) is 0 Å². The van der Waals surface area contributed by atoms with Crippen molar-refractivity contribution < 1.29 is 9.90 Å². The average Bonchev–Trinajstić information content (AvgIpc) is 2.59. The number of aromatic hydroxyl groups is 1. The third-order valence-electron chi connectivity index (χ3n) is 3.71. The van der Waals surface area contributed by atoms with Gasteiger partial charge >= 0.3 is 5.69 Å². The molecule has 1 aromatic carbocycles. The van der Waals surface area contributed by atoms with Crippen LogP contribution in [-0.2, 0) is 14.1 Å². The molecule has 1 amide bonds. The molecule has 0 aliphatic heterocycles. The number of nitrogens with one attached hydrogen (secondary N) is 1. The lowest BCUT2D eigenvalue weighted by Gasteiger charge is -2.09. The predicted octanol–water partition coefficient (Wildman–Crippen LogP) is 0.590. The molecule has 0 atom stereocenters. The van der Waals surface area contributed by atoms with Gasteiger partial charge in [-0.25, -0.2) is 9.78 Å². The zero-order chi connectivity index (χ0) is 17.4. The van der Waals surface area contributed by atoms with E-state index in [9.17, 15) is 19.5 Å². The summed E-state index contributed by atoms with van der Waals surface area (Å²) in [5.41, 5.74) is -0.441. The Morgan fingerprint density at radius 2 is 1.88 bits per heavy atom. The highest BCUT2D eigenvalue weighted by Crippen LogP contribution is 2.22. The molecule has 0 saturated heterocycles. The minimum atomic E-state index is -0.530. The molecule has 2 aromatic heterocycles. The van der Waals surface area contributed by atoms with E-state index >= 15 is 0 Å². The zero-order valence-electron chi connectivity index (χ0n) is 13.0. The van der Waals surface area contributed by atoms with E-state index in [1.165, 1.54) is 37.0 Å². The topological polar surface area (TPSA) is 106 Å². The Morgan fingerprint density at radius 1 is 1.17 bits per heavy atom. The zero-order valence-corrected chi connectivity index (χ0v) is 13.0. The molecule has 0 unspecified atom stereocenters. The highest BCUT2D eigenvalue weighted by molar-refractivity contribution is 6.06. The Hall–Kier alpha value is -3.42. The molecule has 2 N–H and O–H groups in total. The fraction of sp³-hybridized carbons (Fsp3) is 0.125. The molecule has 3 rings (SSSR count). The fourth-order valence-electron chi connectivity index (χ4n) is 2.36. The molecule has 122 valence electrons. The van der Waals surface area contributed by atoms with Gasteiger partial charge in [0.1, 0.15) is 11.4 Å². The lowest BCUT2D eigenvalue weighted by atomic mass is 10.2. The number of amides is 1. The Labute approximate surface area is 135 Å². The van der Waals surface area contributed by atoms with E-state index in [1.54, 1.807) is 18.2 Å². The van der Waals surface area contributed by atoms with Crippen molar-refractivity contribution in [2.24, 2.45) is 14.1 Å². The lowest BCUT2D eigenvalue weighted by molar-refractivity contribution is 0.102. The Bertz CT molecular complexity index is 1080. The average molecular weight is 326 g/mol. The highest BCUT2D eigenvalue weighted by atomic mass is 16.3. The van der Waals surface area contributed by atoms with Gasteiger partial charge in [-0.3, -0.25) is 18.7 Å². The molecule has 0 saturated carbocycles. The number of rotatable bonds is 2. The van der Waals surface area contributed by atoms with Gasteiger partial charge in [-0.1, -0.05) is 12.1 Å². The number of fused-ring (bicyclic) bond motifs is 1. The van der Waals surface area contributed by atoms with Gasteiger partial charge in [-0.15, -0.1) is 0 Å². The van der Waals surface area contributed by atoms with Crippen LogP contribution in [0.25, 0.3) is 11.0 Å². The van der Waals surface area contributed by atoms with Crippen LogP contribution in [-0.4, -0.2) is 25.1 Å². The summed E-state index contributed by atoms with van der Waals surface area (Å²) in [5, 5.41) is 12.4. The number of benzene rings is 1. The van der Waals surface area contributed by atoms with Crippen LogP contribution < -0.4 is 16.6 Å². The number of hydrogen-bond acceptors (Lipinski definition) is 5. The highest BCUT2D eigenvalue weighted by Gasteiger charge is 2.14. The SMILES string of the molecule is Cn1c(=O)c2cc(C(=O)Nc3ccccc3O)cnc2n(C)c1=O. The maximum absolute atomic E-state index is 12.3. The minimum absolute atomic E-state index is 0.0714. The van der Waals surface area contributed by atoms with Crippen molar-refractivity contribution in [2.45, 2.75) is 0 Å². The number of anilines is 1. The molecule has 0 bridgehead atoms. The smallest absolute Gasteiger partial charge is 0.332 e. The van der Waals surface area contributed by atoms with E-state index in [1.807, 2.05) is 0 Å². The third kappa shape index (κ3) is 2.43. The summed E-state index contributed by atoms with van der Waals surface area (Å²) in [7, 11) is 2.86. The number of carbonyl (C=O) groups is 1. The van der Waals surface area contributed by atoms with Crippen molar-refractivity contribution in [1.82, 2.24) is 14.1 Å². The molecule has 0 aliphatic rings. The van der Waals surface area contributed by atoms with Crippen LogP contribution in [0.15, 0.2) is 46.1 Å². The summed E-state index contributed by atoms with van der Waals surface area (Å²) < 4.78 is 2.19.